The van der Waals surface area contributed by atoms with E-state index in [2.05, 4.69) is 25.9 Å². The maximum atomic E-state index is 13.1. The summed E-state index contributed by atoms with van der Waals surface area (Å²) in [5.41, 5.74) is -0.546. The average Bonchev–Trinajstić information content (AvgIpc) is 2.98. The van der Waals surface area contributed by atoms with Crippen LogP contribution < -0.4 is 4.90 Å². The van der Waals surface area contributed by atoms with E-state index in [4.69, 9.17) is 0 Å². The van der Waals surface area contributed by atoms with Gasteiger partial charge in [0.2, 0.25) is 0 Å². The monoisotopic (exact) mass is 498 g/mol. The molecule has 3 rings (SSSR count). The van der Waals surface area contributed by atoms with Gasteiger partial charge in [0.05, 0.1) is 36.5 Å². The highest BCUT2D eigenvalue weighted by molar-refractivity contribution is 9.10. The Hall–Kier alpha value is -2.49. The zero-order valence-corrected chi connectivity index (χ0v) is 18.9. The fraction of sp³-hybridized carbons (Fsp3) is 0.429. The van der Waals surface area contributed by atoms with E-state index in [1.807, 2.05) is 20.8 Å². The summed E-state index contributed by atoms with van der Waals surface area (Å²) in [7, 11) is 0. The molecule has 6 nitrogen and oxygen atoms in total. The molecule has 0 bridgehead atoms. The minimum atomic E-state index is -4.51. The number of Topliss-reactive ketones (excluding diaryl/α,β-unsaturated/α-hetero) is 1. The average molecular weight is 499 g/mol. The molecule has 0 aromatic carbocycles. The highest BCUT2D eigenvalue weighted by Gasteiger charge is 2.44. The number of nitrogens with zero attached hydrogens (tertiary/aromatic N) is 4. The lowest BCUT2D eigenvalue weighted by molar-refractivity contribution is -0.137. The number of hydrogen-bond acceptors (Lipinski definition) is 4. The van der Waals surface area contributed by atoms with Gasteiger partial charge in [-0.1, -0.05) is 20.8 Å². The summed E-state index contributed by atoms with van der Waals surface area (Å²) in [4.78, 5) is 36.9. The molecule has 0 N–H and O–H groups in total. The van der Waals surface area contributed by atoms with Crippen molar-refractivity contribution >= 4 is 33.4 Å². The number of amides is 2. The van der Waals surface area contributed by atoms with Crippen LogP contribution in [0.2, 0.25) is 0 Å². The van der Waals surface area contributed by atoms with E-state index in [1.165, 1.54) is 4.90 Å². The third-order valence-electron chi connectivity index (χ3n) is 5.10. The first kappa shape index (κ1) is 23.2. The van der Waals surface area contributed by atoms with Crippen LogP contribution in [0, 0.1) is 5.41 Å². The number of pyridine rings is 2. The zero-order valence-electron chi connectivity index (χ0n) is 17.3. The minimum Gasteiger partial charge on any atom is -0.312 e. The Bertz CT molecular complexity index is 974. The first-order valence-corrected chi connectivity index (χ1v) is 10.4. The van der Waals surface area contributed by atoms with Crippen LogP contribution in [-0.2, 0) is 17.4 Å². The van der Waals surface area contributed by atoms with Crippen LogP contribution in [0.15, 0.2) is 41.3 Å². The molecule has 0 radical (unpaired) electrons. The van der Waals surface area contributed by atoms with Crippen molar-refractivity contribution in [3.63, 3.8) is 0 Å². The molecule has 1 atom stereocenters. The lowest BCUT2D eigenvalue weighted by Gasteiger charge is -2.33. The van der Waals surface area contributed by atoms with Gasteiger partial charge in [0, 0.05) is 18.4 Å². The van der Waals surface area contributed by atoms with Crippen molar-refractivity contribution in [3.8, 4) is 0 Å². The van der Waals surface area contributed by atoms with E-state index in [0.717, 1.165) is 18.3 Å². The Morgan fingerprint density at radius 2 is 1.90 bits per heavy atom. The number of ketones is 1. The van der Waals surface area contributed by atoms with Gasteiger partial charge in [0.15, 0.2) is 5.78 Å². The van der Waals surface area contributed by atoms with E-state index >= 15 is 0 Å². The second kappa shape index (κ2) is 8.57. The van der Waals surface area contributed by atoms with Crippen LogP contribution in [0.25, 0.3) is 0 Å². The molecule has 1 saturated heterocycles. The fourth-order valence-corrected chi connectivity index (χ4v) is 3.73. The predicted octanol–water partition coefficient (Wildman–Crippen LogP) is 4.73. The van der Waals surface area contributed by atoms with Crippen molar-refractivity contribution in [2.45, 2.75) is 39.4 Å². The number of alkyl halides is 3. The van der Waals surface area contributed by atoms with Gasteiger partial charge < -0.3 is 4.90 Å². The molecule has 0 saturated carbocycles. The summed E-state index contributed by atoms with van der Waals surface area (Å²) in [6.07, 6.45) is -2.20. The highest BCUT2D eigenvalue weighted by Crippen LogP contribution is 2.34. The van der Waals surface area contributed by atoms with Crippen LogP contribution in [0.3, 0.4) is 0 Å². The van der Waals surface area contributed by atoms with Gasteiger partial charge in [0.25, 0.3) is 0 Å². The van der Waals surface area contributed by atoms with E-state index < -0.39 is 11.7 Å². The second-order valence-corrected chi connectivity index (χ2v) is 9.30. The van der Waals surface area contributed by atoms with E-state index in [9.17, 15) is 22.8 Å². The van der Waals surface area contributed by atoms with E-state index in [-0.39, 0.29) is 41.9 Å². The molecule has 166 valence electrons. The van der Waals surface area contributed by atoms with Gasteiger partial charge in [-0.05, 0) is 45.6 Å². The van der Waals surface area contributed by atoms with Crippen LogP contribution >= 0.6 is 15.9 Å². The molecule has 1 aliphatic heterocycles. The smallest absolute Gasteiger partial charge is 0.312 e. The van der Waals surface area contributed by atoms with E-state index in [0.29, 0.717) is 16.8 Å². The minimum absolute atomic E-state index is 0.0211. The quantitative estimate of drug-likeness (QED) is 0.559. The Labute approximate surface area is 186 Å². The van der Waals surface area contributed by atoms with Crippen LogP contribution in [-0.4, -0.2) is 45.8 Å². The standard InChI is InChI=1S/C21H22BrF3N4O2/c1-20(2,3)17-12-28(15-4-5-18(22)27-10-15)19(31)29(17)11-16(30)9-14-8-13(6-7-26-14)21(23,24)25/h4-8,10,17H,9,11-12H2,1-3H3/t17-/m1/s1. The fourth-order valence-electron chi connectivity index (χ4n) is 3.50. The summed E-state index contributed by atoms with van der Waals surface area (Å²) in [5, 5.41) is 0. The van der Waals surface area contributed by atoms with Crippen molar-refractivity contribution in [2.24, 2.45) is 5.41 Å². The largest absolute Gasteiger partial charge is 0.416 e. The van der Waals surface area contributed by atoms with Gasteiger partial charge in [0.1, 0.15) is 4.60 Å². The van der Waals surface area contributed by atoms with Gasteiger partial charge in [-0.25, -0.2) is 9.78 Å². The molecular weight excluding hydrogens is 477 g/mol. The molecule has 0 aliphatic carbocycles. The Kier molecular flexibility index (Phi) is 6.40. The molecule has 0 unspecified atom stereocenters. The second-order valence-electron chi connectivity index (χ2n) is 8.49. The van der Waals surface area contributed by atoms with Gasteiger partial charge >= 0.3 is 12.2 Å². The number of urea groups is 1. The molecule has 2 amide bonds. The summed E-state index contributed by atoms with van der Waals surface area (Å²) in [5.74, 6) is -0.384. The number of hydrogen-bond donors (Lipinski definition) is 0. The Morgan fingerprint density at radius 3 is 2.48 bits per heavy atom. The summed E-state index contributed by atoms with van der Waals surface area (Å²) in [6, 6.07) is 4.60. The lowest BCUT2D eigenvalue weighted by Crippen LogP contribution is -2.45. The van der Waals surface area contributed by atoms with Crippen molar-refractivity contribution in [2.75, 3.05) is 18.0 Å². The number of anilines is 1. The normalized spacial score (nSPS) is 17.4. The first-order valence-electron chi connectivity index (χ1n) is 9.60. The first-order chi connectivity index (χ1) is 14.4. The summed E-state index contributed by atoms with van der Waals surface area (Å²) >= 11 is 3.26. The zero-order chi connectivity index (χ0) is 23.0. The maximum absolute atomic E-state index is 13.1. The number of aromatic nitrogens is 2. The highest BCUT2D eigenvalue weighted by atomic mass is 79.9. The number of carbonyl (C=O) groups excluding carboxylic acids is 2. The molecular formula is C21H22BrF3N4O2. The summed E-state index contributed by atoms with van der Waals surface area (Å²) < 4.78 is 39.4. The SMILES string of the molecule is CC(C)(C)[C@H]1CN(c2ccc(Br)nc2)C(=O)N1CC(=O)Cc1cc(C(F)(F)F)ccn1. The van der Waals surface area contributed by atoms with Gasteiger partial charge in [-0.2, -0.15) is 13.2 Å². The van der Waals surface area contributed by atoms with E-state index in [1.54, 1.807) is 23.2 Å². The van der Waals surface area contributed by atoms with Crippen LogP contribution in [0.5, 0.6) is 0 Å². The number of carbonyl (C=O) groups is 2. The molecule has 2 aromatic rings. The van der Waals surface area contributed by atoms with Crippen LogP contribution in [0.1, 0.15) is 32.0 Å². The maximum Gasteiger partial charge on any atom is 0.416 e. The summed E-state index contributed by atoms with van der Waals surface area (Å²) in [6.45, 7) is 6.08. The Morgan fingerprint density at radius 1 is 1.19 bits per heavy atom. The van der Waals surface area contributed by atoms with Crippen molar-refractivity contribution in [1.29, 1.82) is 0 Å². The molecule has 10 heteroatoms. The molecule has 1 fully saturated rings. The van der Waals surface area contributed by atoms with Crippen molar-refractivity contribution in [1.82, 2.24) is 14.9 Å². The predicted molar refractivity (Wildman–Crippen MR) is 113 cm³/mol. The topological polar surface area (TPSA) is 66.4 Å². The molecule has 3 heterocycles. The Balaban J connectivity index is 1.78. The molecule has 2 aromatic heterocycles. The molecule has 1 aliphatic rings. The molecule has 0 spiro atoms. The lowest BCUT2D eigenvalue weighted by atomic mass is 9.86. The van der Waals surface area contributed by atoms with Gasteiger partial charge in [-0.3, -0.25) is 14.7 Å². The number of rotatable bonds is 5. The molecule has 31 heavy (non-hydrogen) atoms. The van der Waals surface area contributed by atoms with Gasteiger partial charge in [-0.15, -0.1) is 0 Å². The van der Waals surface area contributed by atoms with Crippen LogP contribution in [0.4, 0.5) is 23.7 Å². The third-order valence-corrected chi connectivity index (χ3v) is 5.57. The number of halogens is 4. The third kappa shape index (κ3) is 5.41. The van der Waals surface area contributed by atoms with Crippen molar-refractivity contribution in [3.05, 3.63) is 52.5 Å². The van der Waals surface area contributed by atoms with Crippen molar-refractivity contribution < 1.29 is 22.8 Å².